The Bertz CT molecular complexity index is 1210. The number of carbonyl (C=O) groups excluding carboxylic acids is 2. The predicted octanol–water partition coefficient (Wildman–Crippen LogP) is 5.32. The summed E-state index contributed by atoms with van der Waals surface area (Å²) < 4.78 is 16.6. The third-order valence-corrected chi connectivity index (χ3v) is 7.28. The van der Waals surface area contributed by atoms with Crippen LogP contribution in [-0.2, 0) is 19.1 Å². The molecule has 8 heteroatoms. The average Bonchev–Trinajstić information content (AvgIpc) is 2.86. The van der Waals surface area contributed by atoms with Gasteiger partial charge in [0.1, 0.15) is 12.4 Å². The number of hydrogen-bond acceptors (Lipinski definition) is 7. The van der Waals surface area contributed by atoms with E-state index in [9.17, 15) is 14.7 Å². The van der Waals surface area contributed by atoms with Crippen LogP contribution in [0, 0.1) is 5.92 Å². The number of aromatic hydroxyl groups is 1. The van der Waals surface area contributed by atoms with Gasteiger partial charge in [-0.15, -0.1) is 0 Å². The number of fused-ring (bicyclic) bond motifs is 1. The first-order valence-electron chi connectivity index (χ1n) is 12.0. The van der Waals surface area contributed by atoms with E-state index in [0.717, 1.165) is 11.3 Å². The van der Waals surface area contributed by atoms with Gasteiger partial charge in [-0.25, -0.2) is 4.79 Å². The number of halogens is 1. The molecule has 1 N–H and O–H groups in total. The fourth-order valence-corrected chi connectivity index (χ4v) is 5.56. The van der Waals surface area contributed by atoms with Gasteiger partial charge >= 0.3 is 5.97 Å². The molecule has 0 bridgehead atoms. The molecular weight excluding hydrogens is 526 g/mol. The number of ether oxygens (including phenoxy) is 3. The summed E-state index contributed by atoms with van der Waals surface area (Å²) >= 11 is 3.41. The molecule has 36 heavy (non-hydrogen) atoms. The lowest BCUT2D eigenvalue weighted by Crippen LogP contribution is -2.41. The zero-order valence-electron chi connectivity index (χ0n) is 20.6. The fraction of sp³-hybridized carbons (Fsp3) is 0.393. The normalized spacial score (nSPS) is 21.6. The summed E-state index contributed by atoms with van der Waals surface area (Å²) in [5, 5.41) is 10.5. The lowest BCUT2D eigenvalue weighted by Gasteiger charge is -2.38. The highest BCUT2D eigenvalue weighted by Crippen LogP contribution is 2.48. The smallest absolute Gasteiger partial charge is 0.336 e. The van der Waals surface area contributed by atoms with E-state index in [4.69, 9.17) is 19.2 Å². The largest absolute Gasteiger partial charge is 0.503 e. The van der Waals surface area contributed by atoms with E-state index in [-0.39, 0.29) is 36.4 Å². The van der Waals surface area contributed by atoms with Crippen LogP contribution in [-0.4, -0.2) is 49.5 Å². The maximum atomic E-state index is 13.7. The fourth-order valence-electron chi connectivity index (χ4n) is 5.10. The van der Waals surface area contributed by atoms with Crippen LogP contribution in [0.1, 0.15) is 49.7 Å². The summed E-state index contributed by atoms with van der Waals surface area (Å²) in [7, 11) is 1.53. The van der Waals surface area contributed by atoms with Gasteiger partial charge < -0.3 is 19.3 Å². The average molecular weight is 556 g/mol. The van der Waals surface area contributed by atoms with Crippen LogP contribution in [0.3, 0.4) is 0 Å². The number of rotatable bonds is 8. The number of phenolic OH excluding ortho intramolecular Hbond substituents is 1. The predicted molar refractivity (Wildman–Crippen MR) is 140 cm³/mol. The maximum absolute atomic E-state index is 13.7. The van der Waals surface area contributed by atoms with Gasteiger partial charge in [0.25, 0.3) is 0 Å². The molecule has 4 rings (SSSR count). The van der Waals surface area contributed by atoms with Crippen LogP contribution in [0.5, 0.6) is 11.5 Å². The first-order chi connectivity index (χ1) is 17.3. The SMILES string of the molecule is CCOc1cc([C@H]2C(C(=O)OCCOC)=C(C)N=C3C[C@@H](c4ccccc4)CC(=O)C32)cc(Br)c1O. The van der Waals surface area contributed by atoms with Gasteiger partial charge in [0.05, 0.1) is 29.2 Å². The van der Waals surface area contributed by atoms with Crippen molar-refractivity contribution in [3.63, 3.8) is 0 Å². The van der Waals surface area contributed by atoms with Crippen molar-refractivity contribution in [3.8, 4) is 11.5 Å². The van der Waals surface area contributed by atoms with Crippen LogP contribution in [0.2, 0.25) is 0 Å². The summed E-state index contributed by atoms with van der Waals surface area (Å²) in [6.07, 6.45) is 0.977. The first-order valence-corrected chi connectivity index (χ1v) is 12.8. The Kier molecular flexibility index (Phi) is 8.26. The summed E-state index contributed by atoms with van der Waals surface area (Å²) in [6, 6.07) is 13.4. The number of allylic oxidation sites excluding steroid dienone is 1. The summed E-state index contributed by atoms with van der Waals surface area (Å²) in [5.74, 6) is -1.45. The monoisotopic (exact) mass is 555 g/mol. The van der Waals surface area contributed by atoms with Crippen LogP contribution < -0.4 is 4.74 Å². The summed E-state index contributed by atoms with van der Waals surface area (Å²) in [5.41, 5.74) is 3.40. The molecule has 0 saturated heterocycles. The number of nitrogens with zero attached hydrogens (tertiary/aromatic N) is 1. The van der Waals surface area contributed by atoms with Crippen molar-refractivity contribution in [3.05, 3.63) is 69.3 Å². The zero-order valence-corrected chi connectivity index (χ0v) is 22.2. The molecule has 3 atom stereocenters. The van der Waals surface area contributed by atoms with Gasteiger partial charge in [0, 0.05) is 30.9 Å². The van der Waals surface area contributed by atoms with Crippen LogP contribution in [0.15, 0.2) is 63.2 Å². The molecule has 2 aromatic rings. The Balaban J connectivity index is 1.81. The van der Waals surface area contributed by atoms with Gasteiger partial charge in [0.2, 0.25) is 0 Å². The van der Waals surface area contributed by atoms with E-state index < -0.39 is 17.8 Å². The molecule has 190 valence electrons. The van der Waals surface area contributed by atoms with Gasteiger partial charge in [0.15, 0.2) is 11.5 Å². The molecule has 1 saturated carbocycles. The van der Waals surface area contributed by atoms with Gasteiger partial charge in [-0.2, -0.15) is 0 Å². The quantitative estimate of drug-likeness (QED) is 0.350. The Hall–Kier alpha value is -2.97. The van der Waals surface area contributed by atoms with Crippen LogP contribution >= 0.6 is 15.9 Å². The third-order valence-electron chi connectivity index (χ3n) is 6.68. The van der Waals surface area contributed by atoms with E-state index in [2.05, 4.69) is 15.9 Å². The number of methoxy groups -OCH3 is 1. The highest BCUT2D eigenvalue weighted by atomic mass is 79.9. The van der Waals surface area contributed by atoms with Crippen LogP contribution in [0.4, 0.5) is 0 Å². The number of carbonyl (C=O) groups is 2. The topological polar surface area (TPSA) is 94.4 Å². The second kappa shape index (κ2) is 11.4. The van der Waals surface area contributed by atoms with E-state index in [1.165, 1.54) is 7.11 Å². The number of Topliss-reactive ketones (excluding diaryl/α,β-unsaturated/α-hetero) is 1. The minimum atomic E-state index is -0.618. The molecule has 0 amide bonds. The second-order valence-electron chi connectivity index (χ2n) is 8.95. The Labute approximate surface area is 219 Å². The standard InChI is InChI=1S/C28H30BrNO6/c1-4-35-23-15-19(12-20(29)27(23)32)25-24(28(33)36-11-10-34-3)16(2)30-21-13-18(14-22(31)26(21)25)17-8-6-5-7-9-17/h5-9,12,15,18,25-26,32H,4,10-11,13-14H2,1-3H3/t18-,25+,26?/m1/s1. The van der Waals surface area contributed by atoms with Gasteiger partial charge in [-0.1, -0.05) is 30.3 Å². The molecule has 7 nitrogen and oxygen atoms in total. The maximum Gasteiger partial charge on any atom is 0.336 e. The molecule has 1 unspecified atom stereocenters. The van der Waals surface area contributed by atoms with Crippen molar-refractivity contribution in [2.75, 3.05) is 26.9 Å². The molecule has 2 aromatic carbocycles. The number of aliphatic imine (C=N–C) groups is 1. The first kappa shape index (κ1) is 26.1. The van der Waals surface area contributed by atoms with E-state index in [0.29, 0.717) is 40.8 Å². The third kappa shape index (κ3) is 5.25. The molecule has 2 aliphatic rings. The minimum absolute atomic E-state index is 0.0238. The zero-order chi connectivity index (χ0) is 25.8. The Morgan fingerprint density at radius 3 is 2.56 bits per heavy atom. The van der Waals surface area contributed by atoms with Crippen molar-refractivity contribution in [2.45, 2.75) is 38.5 Å². The second-order valence-corrected chi connectivity index (χ2v) is 9.81. The number of ketones is 1. The molecule has 1 aliphatic carbocycles. The number of hydrogen-bond donors (Lipinski definition) is 1. The lowest BCUT2D eigenvalue weighted by molar-refractivity contribution is -0.140. The molecular formula is C28H30BrNO6. The van der Waals surface area contributed by atoms with Crippen molar-refractivity contribution in [1.82, 2.24) is 0 Å². The molecule has 0 radical (unpaired) electrons. The van der Waals surface area contributed by atoms with E-state index in [1.54, 1.807) is 19.1 Å². The van der Waals surface area contributed by atoms with Crippen molar-refractivity contribution >= 4 is 33.4 Å². The highest BCUT2D eigenvalue weighted by molar-refractivity contribution is 9.10. The number of esters is 1. The lowest BCUT2D eigenvalue weighted by atomic mass is 9.66. The summed E-state index contributed by atoms with van der Waals surface area (Å²) in [6.45, 7) is 4.30. The molecule has 0 aromatic heterocycles. The highest BCUT2D eigenvalue weighted by Gasteiger charge is 2.46. The van der Waals surface area contributed by atoms with E-state index >= 15 is 0 Å². The van der Waals surface area contributed by atoms with Crippen molar-refractivity contribution < 1.29 is 28.9 Å². The Morgan fingerprint density at radius 2 is 1.86 bits per heavy atom. The molecule has 1 heterocycles. The van der Waals surface area contributed by atoms with Crippen molar-refractivity contribution in [1.29, 1.82) is 0 Å². The Morgan fingerprint density at radius 1 is 1.11 bits per heavy atom. The minimum Gasteiger partial charge on any atom is -0.503 e. The molecule has 0 spiro atoms. The number of phenols is 1. The molecule has 1 fully saturated rings. The van der Waals surface area contributed by atoms with Crippen LogP contribution in [0.25, 0.3) is 0 Å². The van der Waals surface area contributed by atoms with E-state index in [1.807, 2.05) is 37.3 Å². The van der Waals surface area contributed by atoms with Gasteiger partial charge in [-0.3, -0.25) is 9.79 Å². The number of benzene rings is 2. The van der Waals surface area contributed by atoms with Crippen molar-refractivity contribution in [2.24, 2.45) is 10.9 Å². The molecule has 1 aliphatic heterocycles. The van der Waals surface area contributed by atoms with Gasteiger partial charge in [-0.05, 0) is 65.4 Å². The summed E-state index contributed by atoms with van der Waals surface area (Å²) in [4.78, 5) is 31.8.